The number of piperazine rings is 1. The van der Waals surface area contributed by atoms with Gasteiger partial charge in [0.1, 0.15) is 11.9 Å². The Morgan fingerprint density at radius 1 is 1.30 bits per heavy atom. The van der Waals surface area contributed by atoms with Gasteiger partial charge in [-0.05, 0) is 24.6 Å². The second-order valence-electron chi connectivity index (χ2n) is 5.21. The molecule has 2 rings (SSSR count). The van der Waals surface area contributed by atoms with Gasteiger partial charge in [0, 0.05) is 31.2 Å². The number of hydrogen-bond acceptors (Lipinski definition) is 3. The SMILES string of the molecule is CCC(C(=O)O)N1CCN(C(=O)c2ccc(Cl)cc2F)CC1.Cl. The summed E-state index contributed by atoms with van der Waals surface area (Å²) in [4.78, 5) is 26.9. The summed E-state index contributed by atoms with van der Waals surface area (Å²) in [5.74, 6) is -1.89. The molecule has 1 aromatic carbocycles. The number of carbonyl (C=O) groups is 2. The van der Waals surface area contributed by atoms with Gasteiger partial charge in [0.15, 0.2) is 0 Å². The van der Waals surface area contributed by atoms with Gasteiger partial charge in [0.2, 0.25) is 0 Å². The molecule has 1 aromatic rings. The van der Waals surface area contributed by atoms with Crippen molar-refractivity contribution in [1.82, 2.24) is 9.80 Å². The molecule has 1 saturated heterocycles. The number of amides is 1. The van der Waals surface area contributed by atoms with Gasteiger partial charge in [-0.15, -0.1) is 12.4 Å². The largest absolute Gasteiger partial charge is 0.480 e. The summed E-state index contributed by atoms with van der Waals surface area (Å²) in [5, 5.41) is 9.40. The van der Waals surface area contributed by atoms with Crippen LogP contribution in [0.1, 0.15) is 23.7 Å². The third-order valence-electron chi connectivity index (χ3n) is 3.88. The lowest BCUT2D eigenvalue weighted by molar-refractivity contribution is -0.144. The van der Waals surface area contributed by atoms with Crippen LogP contribution in [-0.2, 0) is 4.79 Å². The lowest BCUT2D eigenvalue weighted by atomic mass is 10.1. The molecule has 0 spiro atoms. The molecule has 1 unspecified atom stereocenters. The minimum atomic E-state index is -0.856. The van der Waals surface area contributed by atoms with Crippen molar-refractivity contribution >= 4 is 35.9 Å². The first-order chi connectivity index (χ1) is 10.4. The summed E-state index contributed by atoms with van der Waals surface area (Å²) >= 11 is 5.68. The third kappa shape index (κ3) is 4.56. The molecule has 1 fully saturated rings. The summed E-state index contributed by atoms with van der Waals surface area (Å²) in [6, 6.07) is 3.43. The highest BCUT2D eigenvalue weighted by Crippen LogP contribution is 2.18. The number of hydrogen-bond donors (Lipinski definition) is 1. The van der Waals surface area contributed by atoms with Gasteiger partial charge in [-0.25, -0.2) is 4.39 Å². The number of carbonyl (C=O) groups excluding carboxylic acids is 1. The number of benzene rings is 1. The molecule has 0 bridgehead atoms. The predicted molar refractivity (Wildman–Crippen MR) is 87.8 cm³/mol. The molecular formula is C15H19Cl2FN2O3. The fourth-order valence-electron chi connectivity index (χ4n) is 2.66. The maximum absolute atomic E-state index is 13.8. The van der Waals surface area contributed by atoms with Crippen LogP contribution in [0.2, 0.25) is 5.02 Å². The Labute approximate surface area is 145 Å². The molecule has 1 N–H and O–H groups in total. The molecule has 0 aromatic heterocycles. The van der Waals surface area contributed by atoms with Crippen molar-refractivity contribution in [1.29, 1.82) is 0 Å². The lowest BCUT2D eigenvalue weighted by Crippen LogP contribution is -2.53. The average Bonchev–Trinajstić information content (AvgIpc) is 2.47. The predicted octanol–water partition coefficient (Wildman–Crippen LogP) is 2.52. The zero-order valence-electron chi connectivity index (χ0n) is 12.7. The first-order valence-electron chi connectivity index (χ1n) is 7.15. The molecule has 128 valence electrons. The molecule has 1 atom stereocenters. The van der Waals surface area contributed by atoms with Crippen LogP contribution < -0.4 is 0 Å². The first kappa shape index (κ1) is 19.7. The number of carboxylic acid groups (broad SMARTS) is 1. The Kier molecular flexibility index (Phi) is 7.25. The fourth-order valence-corrected chi connectivity index (χ4v) is 2.82. The highest BCUT2D eigenvalue weighted by atomic mass is 35.5. The maximum Gasteiger partial charge on any atom is 0.320 e. The summed E-state index contributed by atoms with van der Waals surface area (Å²) in [7, 11) is 0. The normalized spacial score (nSPS) is 16.6. The Hall–Kier alpha value is -1.37. The molecule has 0 radical (unpaired) electrons. The lowest BCUT2D eigenvalue weighted by Gasteiger charge is -2.37. The van der Waals surface area contributed by atoms with E-state index in [0.29, 0.717) is 32.6 Å². The van der Waals surface area contributed by atoms with E-state index in [0.717, 1.165) is 6.07 Å². The van der Waals surface area contributed by atoms with Crippen LogP contribution in [0.5, 0.6) is 0 Å². The summed E-state index contributed by atoms with van der Waals surface area (Å²) in [6.07, 6.45) is 0.509. The third-order valence-corrected chi connectivity index (χ3v) is 4.11. The van der Waals surface area contributed by atoms with Crippen molar-refractivity contribution in [2.45, 2.75) is 19.4 Å². The van der Waals surface area contributed by atoms with Gasteiger partial charge < -0.3 is 10.0 Å². The minimum Gasteiger partial charge on any atom is -0.480 e. The second kappa shape index (κ2) is 8.47. The summed E-state index contributed by atoms with van der Waals surface area (Å²) in [6.45, 7) is 3.51. The second-order valence-corrected chi connectivity index (χ2v) is 5.65. The van der Waals surface area contributed by atoms with Crippen LogP contribution in [0.3, 0.4) is 0 Å². The molecule has 1 aliphatic heterocycles. The Morgan fingerprint density at radius 3 is 2.39 bits per heavy atom. The van der Waals surface area contributed by atoms with E-state index in [-0.39, 0.29) is 23.0 Å². The molecule has 23 heavy (non-hydrogen) atoms. The Balaban J connectivity index is 0.00000264. The van der Waals surface area contributed by atoms with Gasteiger partial charge >= 0.3 is 5.97 Å². The molecule has 8 heteroatoms. The molecule has 0 saturated carbocycles. The summed E-state index contributed by atoms with van der Waals surface area (Å²) < 4.78 is 13.8. The molecule has 5 nitrogen and oxygen atoms in total. The van der Waals surface area contributed by atoms with Crippen molar-refractivity contribution in [3.05, 3.63) is 34.6 Å². The number of carboxylic acids is 1. The van der Waals surface area contributed by atoms with E-state index >= 15 is 0 Å². The van der Waals surface area contributed by atoms with Crippen LogP contribution in [0.25, 0.3) is 0 Å². The van der Waals surface area contributed by atoms with E-state index < -0.39 is 23.7 Å². The van der Waals surface area contributed by atoms with Gasteiger partial charge in [-0.1, -0.05) is 18.5 Å². The van der Waals surface area contributed by atoms with Crippen molar-refractivity contribution < 1.29 is 19.1 Å². The van der Waals surface area contributed by atoms with Crippen molar-refractivity contribution in [3.63, 3.8) is 0 Å². The molecule has 0 aliphatic carbocycles. The maximum atomic E-state index is 13.8. The number of aliphatic carboxylic acids is 1. The quantitative estimate of drug-likeness (QED) is 0.891. The van der Waals surface area contributed by atoms with E-state index in [9.17, 15) is 14.0 Å². The number of halogens is 3. The minimum absolute atomic E-state index is 0. The van der Waals surface area contributed by atoms with Crippen LogP contribution in [0.15, 0.2) is 18.2 Å². The number of rotatable bonds is 4. The van der Waals surface area contributed by atoms with Crippen molar-refractivity contribution in [3.8, 4) is 0 Å². The smallest absolute Gasteiger partial charge is 0.320 e. The van der Waals surface area contributed by atoms with E-state index in [2.05, 4.69) is 0 Å². The standard InChI is InChI=1S/C15H18ClFN2O3.ClH/c1-2-13(15(21)22)18-5-7-19(8-6-18)14(20)11-4-3-10(16)9-12(11)17;/h3-4,9,13H,2,5-8H2,1H3,(H,21,22);1H. The zero-order valence-corrected chi connectivity index (χ0v) is 14.2. The fraction of sp³-hybridized carbons (Fsp3) is 0.467. The molecule has 1 amide bonds. The zero-order chi connectivity index (χ0) is 16.3. The van der Waals surface area contributed by atoms with Crippen LogP contribution in [0.4, 0.5) is 4.39 Å². The van der Waals surface area contributed by atoms with Crippen LogP contribution in [0, 0.1) is 5.82 Å². The molecule has 1 aliphatic rings. The van der Waals surface area contributed by atoms with Gasteiger partial charge in [0.25, 0.3) is 5.91 Å². The van der Waals surface area contributed by atoms with Gasteiger partial charge in [-0.2, -0.15) is 0 Å². The monoisotopic (exact) mass is 364 g/mol. The van der Waals surface area contributed by atoms with E-state index in [1.165, 1.54) is 17.0 Å². The van der Waals surface area contributed by atoms with Crippen LogP contribution in [-0.4, -0.2) is 59.0 Å². The van der Waals surface area contributed by atoms with E-state index in [1.807, 2.05) is 11.8 Å². The van der Waals surface area contributed by atoms with Gasteiger partial charge in [0.05, 0.1) is 5.56 Å². The van der Waals surface area contributed by atoms with Crippen LogP contribution >= 0.6 is 24.0 Å². The average molecular weight is 365 g/mol. The summed E-state index contributed by atoms with van der Waals surface area (Å²) in [5.41, 5.74) is -0.0110. The topological polar surface area (TPSA) is 60.9 Å². The Bertz CT molecular complexity index is 578. The molecular weight excluding hydrogens is 346 g/mol. The number of nitrogens with zero attached hydrogens (tertiary/aromatic N) is 2. The highest BCUT2D eigenvalue weighted by molar-refractivity contribution is 6.30. The van der Waals surface area contributed by atoms with Crippen molar-refractivity contribution in [2.75, 3.05) is 26.2 Å². The first-order valence-corrected chi connectivity index (χ1v) is 7.53. The Morgan fingerprint density at radius 2 is 1.91 bits per heavy atom. The molecule has 1 heterocycles. The van der Waals surface area contributed by atoms with Gasteiger partial charge in [-0.3, -0.25) is 14.5 Å². The highest BCUT2D eigenvalue weighted by Gasteiger charge is 2.30. The van der Waals surface area contributed by atoms with E-state index in [4.69, 9.17) is 16.7 Å². The van der Waals surface area contributed by atoms with E-state index in [1.54, 1.807) is 0 Å². The van der Waals surface area contributed by atoms with Crippen molar-refractivity contribution in [2.24, 2.45) is 0 Å².